The molecule has 0 amide bonds. The molecule has 5 nitrogen and oxygen atoms in total. The Morgan fingerprint density at radius 2 is 1.74 bits per heavy atom. The van der Waals surface area contributed by atoms with Gasteiger partial charge < -0.3 is 9.64 Å². The molecule has 0 saturated carbocycles. The monoisotopic (exact) mass is 437 g/mol. The molecular weight excluding hydrogens is 410 g/mol. The van der Waals surface area contributed by atoms with Crippen LogP contribution in [0.4, 0.5) is 5.95 Å². The minimum atomic E-state index is -0.239. The average Bonchev–Trinajstić information content (AvgIpc) is 3.13. The number of halogens is 1. The Kier molecular flexibility index (Phi) is 6.92. The second-order valence-corrected chi connectivity index (χ2v) is 8.25. The SMILES string of the molecule is CCOC(=O)Cc1c(Cc2ccccc2)nc(N2CCCCC2)n1-c1ccc(Cl)cc1. The number of carbonyl (C=O) groups excluding carboxylic acids is 1. The Balaban J connectivity index is 1.84. The summed E-state index contributed by atoms with van der Waals surface area (Å²) in [5.41, 5.74) is 3.91. The van der Waals surface area contributed by atoms with Gasteiger partial charge in [0.15, 0.2) is 0 Å². The number of benzene rings is 2. The van der Waals surface area contributed by atoms with Crippen molar-refractivity contribution in [3.63, 3.8) is 0 Å². The van der Waals surface area contributed by atoms with Gasteiger partial charge in [-0.3, -0.25) is 9.36 Å². The van der Waals surface area contributed by atoms with Gasteiger partial charge >= 0.3 is 5.97 Å². The quantitative estimate of drug-likeness (QED) is 0.476. The fraction of sp³-hybridized carbons (Fsp3) is 0.360. The number of anilines is 1. The lowest BCUT2D eigenvalue weighted by Crippen LogP contribution is -2.32. The second kappa shape index (κ2) is 10.0. The number of hydrogen-bond donors (Lipinski definition) is 0. The molecule has 0 N–H and O–H groups in total. The minimum absolute atomic E-state index is 0.180. The molecule has 1 aromatic heterocycles. The first-order valence-corrected chi connectivity index (χ1v) is 11.3. The van der Waals surface area contributed by atoms with Crippen molar-refractivity contribution in [1.82, 2.24) is 9.55 Å². The van der Waals surface area contributed by atoms with Gasteiger partial charge in [0, 0.05) is 30.2 Å². The van der Waals surface area contributed by atoms with Crippen LogP contribution in [0.15, 0.2) is 54.6 Å². The second-order valence-electron chi connectivity index (χ2n) is 7.81. The Hall–Kier alpha value is -2.79. The number of nitrogens with zero attached hydrogens (tertiary/aromatic N) is 3. The van der Waals surface area contributed by atoms with E-state index in [0.29, 0.717) is 18.1 Å². The molecule has 0 spiro atoms. The zero-order valence-corrected chi connectivity index (χ0v) is 18.6. The summed E-state index contributed by atoms with van der Waals surface area (Å²) < 4.78 is 7.42. The first-order chi connectivity index (χ1) is 15.2. The van der Waals surface area contributed by atoms with Gasteiger partial charge in [-0.05, 0) is 56.0 Å². The lowest BCUT2D eigenvalue weighted by Gasteiger charge is -2.28. The van der Waals surface area contributed by atoms with Crippen LogP contribution in [0.1, 0.15) is 43.1 Å². The number of piperidine rings is 1. The van der Waals surface area contributed by atoms with E-state index < -0.39 is 0 Å². The van der Waals surface area contributed by atoms with Crippen molar-refractivity contribution >= 4 is 23.5 Å². The Labute approximate surface area is 188 Å². The molecule has 0 unspecified atom stereocenters. The number of imidazole rings is 1. The number of rotatable bonds is 7. The molecule has 2 heterocycles. The van der Waals surface area contributed by atoms with Crippen LogP contribution >= 0.6 is 11.6 Å². The molecule has 1 aliphatic rings. The number of aromatic nitrogens is 2. The van der Waals surface area contributed by atoms with Crippen LogP contribution in [0.2, 0.25) is 5.02 Å². The smallest absolute Gasteiger partial charge is 0.311 e. The zero-order valence-electron chi connectivity index (χ0n) is 17.9. The van der Waals surface area contributed by atoms with Gasteiger partial charge in [-0.1, -0.05) is 41.9 Å². The van der Waals surface area contributed by atoms with Crippen molar-refractivity contribution in [3.05, 3.63) is 76.6 Å². The third kappa shape index (κ3) is 5.10. The topological polar surface area (TPSA) is 47.4 Å². The largest absolute Gasteiger partial charge is 0.466 e. The molecule has 162 valence electrons. The van der Waals surface area contributed by atoms with E-state index in [4.69, 9.17) is 21.3 Å². The van der Waals surface area contributed by atoms with Crippen LogP contribution in [0.3, 0.4) is 0 Å². The van der Waals surface area contributed by atoms with E-state index in [1.807, 2.05) is 49.4 Å². The van der Waals surface area contributed by atoms with Gasteiger partial charge in [0.1, 0.15) is 0 Å². The molecule has 3 aromatic rings. The molecule has 0 bridgehead atoms. The summed E-state index contributed by atoms with van der Waals surface area (Å²) in [6, 6.07) is 18.0. The van der Waals surface area contributed by atoms with E-state index in [1.54, 1.807) is 0 Å². The number of hydrogen-bond acceptors (Lipinski definition) is 4. The van der Waals surface area contributed by atoms with E-state index >= 15 is 0 Å². The van der Waals surface area contributed by atoms with E-state index in [-0.39, 0.29) is 12.4 Å². The third-order valence-corrected chi connectivity index (χ3v) is 5.85. The van der Waals surface area contributed by atoms with Crippen molar-refractivity contribution in [2.75, 3.05) is 24.6 Å². The zero-order chi connectivity index (χ0) is 21.6. The Morgan fingerprint density at radius 1 is 1.03 bits per heavy atom. The van der Waals surface area contributed by atoms with Crippen LogP contribution in [-0.2, 0) is 22.4 Å². The van der Waals surface area contributed by atoms with Crippen molar-refractivity contribution in [2.45, 2.75) is 39.0 Å². The van der Waals surface area contributed by atoms with Gasteiger partial charge in [0.2, 0.25) is 5.95 Å². The molecule has 4 rings (SSSR count). The summed E-state index contributed by atoms with van der Waals surface area (Å²) in [6.45, 7) is 4.13. The van der Waals surface area contributed by atoms with E-state index in [0.717, 1.165) is 49.0 Å². The van der Waals surface area contributed by atoms with Crippen molar-refractivity contribution < 1.29 is 9.53 Å². The third-order valence-electron chi connectivity index (χ3n) is 5.59. The van der Waals surface area contributed by atoms with Gasteiger partial charge in [0.25, 0.3) is 0 Å². The predicted molar refractivity (Wildman–Crippen MR) is 124 cm³/mol. The number of ether oxygens (including phenoxy) is 1. The summed E-state index contributed by atoms with van der Waals surface area (Å²) in [6.07, 6.45) is 4.38. The molecule has 6 heteroatoms. The lowest BCUT2D eigenvalue weighted by atomic mass is 10.1. The Morgan fingerprint density at radius 3 is 2.42 bits per heavy atom. The van der Waals surface area contributed by atoms with E-state index in [1.165, 1.54) is 12.0 Å². The highest BCUT2D eigenvalue weighted by atomic mass is 35.5. The van der Waals surface area contributed by atoms with Crippen LogP contribution in [-0.4, -0.2) is 35.2 Å². The van der Waals surface area contributed by atoms with Crippen LogP contribution in [0, 0.1) is 0 Å². The number of carbonyl (C=O) groups is 1. The van der Waals surface area contributed by atoms with Gasteiger partial charge in [-0.25, -0.2) is 4.98 Å². The van der Waals surface area contributed by atoms with Crippen molar-refractivity contribution in [1.29, 1.82) is 0 Å². The molecule has 31 heavy (non-hydrogen) atoms. The van der Waals surface area contributed by atoms with Crippen molar-refractivity contribution in [3.8, 4) is 5.69 Å². The average molecular weight is 438 g/mol. The maximum absolute atomic E-state index is 12.5. The molecule has 1 saturated heterocycles. The molecule has 0 radical (unpaired) electrons. The fourth-order valence-electron chi connectivity index (χ4n) is 4.11. The van der Waals surface area contributed by atoms with Crippen LogP contribution in [0.5, 0.6) is 0 Å². The maximum atomic E-state index is 12.5. The summed E-state index contributed by atoms with van der Waals surface area (Å²) in [5.74, 6) is 0.657. The maximum Gasteiger partial charge on any atom is 0.311 e. The van der Waals surface area contributed by atoms with Gasteiger partial charge in [-0.15, -0.1) is 0 Å². The van der Waals surface area contributed by atoms with Gasteiger partial charge in [-0.2, -0.15) is 0 Å². The van der Waals surface area contributed by atoms with Crippen LogP contribution in [0.25, 0.3) is 5.69 Å². The number of esters is 1. The highest BCUT2D eigenvalue weighted by Crippen LogP contribution is 2.30. The molecular formula is C25H28ClN3O2. The molecule has 1 fully saturated rings. The summed E-state index contributed by atoms with van der Waals surface area (Å²) in [4.78, 5) is 20.0. The highest BCUT2D eigenvalue weighted by molar-refractivity contribution is 6.30. The lowest BCUT2D eigenvalue weighted by molar-refractivity contribution is -0.142. The minimum Gasteiger partial charge on any atom is -0.466 e. The fourth-order valence-corrected chi connectivity index (χ4v) is 4.24. The standard InChI is InChI=1S/C25H28ClN3O2/c1-2-31-24(30)18-23-22(17-19-9-5-3-6-10-19)27-25(28-15-7-4-8-16-28)29(23)21-13-11-20(26)12-14-21/h3,5-6,9-14H,2,4,7-8,15-18H2,1H3. The van der Waals surface area contributed by atoms with Crippen LogP contribution < -0.4 is 4.90 Å². The summed E-state index contributed by atoms with van der Waals surface area (Å²) in [5, 5.41) is 0.680. The normalized spacial score (nSPS) is 13.9. The molecule has 1 aliphatic heterocycles. The predicted octanol–water partition coefficient (Wildman–Crippen LogP) is 5.21. The highest BCUT2D eigenvalue weighted by Gasteiger charge is 2.25. The van der Waals surface area contributed by atoms with Gasteiger partial charge in [0.05, 0.1) is 24.4 Å². The van der Waals surface area contributed by atoms with E-state index in [2.05, 4.69) is 21.6 Å². The first-order valence-electron chi connectivity index (χ1n) is 11.0. The summed E-state index contributed by atoms with van der Waals surface area (Å²) >= 11 is 6.16. The molecule has 0 atom stereocenters. The Bertz CT molecular complexity index is 1010. The first kappa shape index (κ1) is 21.4. The van der Waals surface area contributed by atoms with E-state index in [9.17, 15) is 4.79 Å². The molecule has 0 aliphatic carbocycles. The van der Waals surface area contributed by atoms with Crippen molar-refractivity contribution in [2.24, 2.45) is 0 Å². The molecule has 2 aromatic carbocycles. The summed E-state index contributed by atoms with van der Waals surface area (Å²) in [7, 11) is 0.